The van der Waals surface area contributed by atoms with E-state index >= 15 is 0 Å². The molecule has 0 aromatic carbocycles. The summed E-state index contributed by atoms with van der Waals surface area (Å²) in [6.07, 6.45) is -10.2. The van der Waals surface area contributed by atoms with Gasteiger partial charge in [0.05, 0.1) is 0 Å². The fourth-order valence-electron chi connectivity index (χ4n) is 1.62. The van der Waals surface area contributed by atoms with Crippen LogP contribution in [-0.4, -0.2) is 36.0 Å². The molecule has 20 heavy (non-hydrogen) atoms. The standard InChI is InChI=1S/C10H12F10/c1-3-6(12,5-11)8(14,15)7(13,4-2)9(16,17)10(18,19)20/h3-5H2,1-2H3. The van der Waals surface area contributed by atoms with Crippen LogP contribution < -0.4 is 0 Å². The summed E-state index contributed by atoms with van der Waals surface area (Å²) in [5.41, 5.74) is -10.1. The first-order valence-corrected chi connectivity index (χ1v) is 5.44. The van der Waals surface area contributed by atoms with Gasteiger partial charge in [-0.25, -0.2) is 13.2 Å². The molecule has 0 rings (SSSR count). The molecule has 0 saturated carbocycles. The Morgan fingerprint density at radius 1 is 0.650 bits per heavy atom. The normalized spacial score (nSPS) is 20.4. The number of halogens is 10. The molecular formula is C10H12F10. The third kappa shape index (κ3) is 2.34. The van der Waals surface area contributed by atoms with E-state index in [0.717, 1.165) is 0 Å². The van der Waals surface area contributed by atoms with Crippen molar-refractivity contribution in [2.45, 2.75) is 56.0 Å². The van der Waals surface area contributed by atoms with Crippen LogP contribution in [0.3, 0.4) is 0 Å². The van der Waals surface area contributed by atoms with E-state index in [1.165, 1.54) is 0 Å². The van der Waals surface area contributed by atoms with Crippen LogP contribution in [-0.2, 0) is 0 Å². The van der Waals surface area contributed by atoms with Crippen molar-refractivity contribution in [2.24, 2.45) is 0 Å². The molecule has 0 bridgehead atoms. The Kier molecular flexibility index (Phi) is 5.07. The van der Waals surface area contributed by atoms with Gasteiger partial charge < -0.3 is 0 Å². The molecule has 0 spiro atoms. The molecule has 0 aliphatic heterocycles. The summed E-state index contributed by atoms with van der Waals surface area (Å²) in [5, 5.41) is 0. The van der Waals surface area contributed by atoms with Crippen LogP contribution in [0.15, 0.2) is 0 Å². The molecule has 0 radical (unpaired) electrons. The second-order valence-corrected chi connectivity index (χ2v) is 4.25. The summed E-state index contributed by atoms with van der Waals surface area (Å²) in [6, 6.07) is 0. The molecule has 0 aliphatic rings. The molecule has 0 N–H and O–H groups in total. The molecule has 0 saturated heterocycles. The topological polar surface area (TPSA) is 0 Å². The molecule has 0 amide bonds. The van der Waals surface area contributed by atoms with Gasteiger partial charge in [-0.05, 0) is 12.8 Å². The zero-order valence-corrected chi connectivity index (χ0v) is 10.4. The Balaban J connectivity index is 6.13. The minimum absolute atomic E-state index is 0.266. The summed E-state index contributed by atoms with van der Waals surface area (Å²) in [4.78, 5) is 0. The highest BCUT2D eigenvalue weighted by atomic mass is 19.4. The van der Waals surface area contributed by atoms with E-state index in [1.807, 2.05) is 0 Å². The molecule has 0 aliphatic carbocycles. The molecule has 2 unspecified atom stereocenters. The molecule has 0 heterocycles. The second kappa shape index (κ2) is 5.25. The van der Waals surface area contributed by atoms with Crippen LogP contribution in [0.1, 0.15) is 26.7 Å². The third-order valence-corrected chi connectivity index (χ3v) is 3.17. The summed E-state index contributed by atoms with van der Waals surface area (Å²) in [7, 11) is 0. The highest BCUT2D eigenvalue weighted by Crippen LogP contribution is 2.58. The molecule has 0 nitrogen and oxygen atoms in total. The van der Waals surface area contributed by atoms with Gasteiger partial charge in [-0.15, -0.1) is 0 Å². The van der Waals surface area contributed by atoms with Gasteiger partial charge in [0, 0.05) is 0 Å². The van der Waals surface area contributed by atoms with Gasteiger partial charge in [0.25, 0.3) is 0 Å². The van der Waals surface area contributed by atoms with Crippen molar-refractivity contribution >= 4 is 0 Å². The molecular weight excluding hydrogens is 310 g/mol. The van der Waals surface area contributed by atoms with Crippen molar-refractivity contribution in [1.82, 2.24) is 0 Å². The average molecular weight is 322 g/mol. The number of hydrogen-bond donors (Lipinski definition) is 0. The van der Waals surface area contributed by atoms with Gasteiger partial charge in [0.2, 0.25) is 11.3 Å². The Labute approximate surface area is 108 Å². The van der Waals surface area contributed by atoms with Crippen molar-refractivity contribution in [1.29, 1.82) is 0 Å². The van der Waals surface area contributed by atoms with E-state index in [2.05, 4.69) is 0 Å². The Hall–Kier alpha value is -0.700. The molecule has 10 heteroatoms. The average Bonchev–Trinajstić information content (AvgIpc) is 2.34. The van der Waals surface area contributed by atoms with Crippen molar-refractivity contribution < 1.29 is 43.9 Å². The lowest BCUT2D eigenvalue weighted by Gasteiger charge is -2.44. The first-order valence-electron chi connectivity index (χ1n) is 5.44. The first kappa shape index (κ1) is 19.3. The first-order chi connectivity index (χ1) is 8.68. The fourth-order valence-corrected chi connectivity index (χ4v) is 1.62. The Bertz CT molecular complexity index is 329. The molecule has 0 fully saturated rings. The lowest BCUT2D eigenvalue weighted by atomic mass is 9.78. The van der Waals surface area contributed by atoms with Gasteiger partial charge in [-0.2, -0.15) is 30.7 Å². The van der Waals surface area contributed by atoms with Gasteiger partial charge >= 0.3 is 18.0 Å². The van der Waals surface area contributed by atoms with Crippen LogP contribution >= 0.6 is 0 Å². The van der Waals surface area contributed by atoms with Crippen LogP contribution in [0.4, 0.5) is 43.9 Å². The highest BCUT2D eigenvalue weighted by molar-refractivity contribution is 5.13. The maximum atomic E-state index is 13.8. The molecule has 0 aromatic heterocycles. The Morgan fingerprint density at radius 3 is 1.25 bits per heavy atom. The smallest absolute Gasteiger partial charge is 0.247 e. The fraction of sp³-hybridized carbons (Fsp3) is 1.00. The van der Waals surface area contributed by atoms with Gasteiger partial charge in [-0.1, -0.05) is 13.8 Å². The quantitative estimate of drug-likeness (QED) is 0.602. The monoisotopic (exact) mass is 322 g/mol. The van der Waals surface area contributed by atoms with Gasteiger partial charge in [0.15, 0.2) is 0 Å². The van der Waals surface area contributed by atoms with Crippen LogP contribution in [0.25, 0.3) is 0 Å². The van der Waals surface area contributed by atoms with Crippen LogP contribution in [0.5, 0.6) is 0 Å². The summed E-state index contributed by atoms with van der Waals surface area (Å²) < 4.78 is 129. The van der Waals surface area contributed by atoms with Crippen LogP contribution in [0.2, 0.25) is 0 Å². The largest absolute Gasteiger partial charge is 0.457 e. The zero-order valence-electron chi connectivity index (χ0n) is 10.4. The third-order valence-electron chi connectivity index (χ3n) is 3.17. The minimum Gasteiger partial charge on any atom is -0.247 e. The minimum atomic E-state index is -6.67. The molecule has 122 valence electrons. The lowest BCUT2D eigenvalue weighted by Crippen LogP contribution is -2.69. The van der Waals surface area contributed by atoms with E-state index in [1.54, 1.807) is 0 Å². The van der Waals surface area contributed by atoms with Crippen LogP contribution in [0, 0.1) is 0 Å². The lowest BCUT2D eigenvalue weighted by molar-refractivity contribution is -0.378. The van der Waals surface area contributed by atoms with Crippen molar-refractivity contribution in [2.75, 3.05) is 6.67 Å². The maximum Gasteiger partial charge on any atom is 0.457 e. The zero-order chi connectivity index (χ0) is 16.6. The van der Waals surface area contributed by atoms with E-state index in [-0.39, 0.29) is 6.92 Å². The number of hydrogen-bond acceptors (Lipinski definition) is 0. The number of alkyl halides is 10. The van der Waals surface area contributed by atoms with Crippen molar-refractivity contribution in [3.8, 4) is 0 Å². The predicted molar refractivity (Wildman–Crippen MR) is 50.2 cm³/mol. The maximum absolute atomic E-state index is 13.8. The summed E-state index contributed by atoms with van der Waals surface area (Å²) in [6.45, 7) is -1.76. The van der Waals surface area contributed by atoms with Crippen molar-refractivity contribution in [3.63, 3.8) is 0 Å². The van der Waals surface area contributed by atoms with E-state index in [0.29, 0.717) is 6.92 Å². The molecule has 0 aromatic rings. The van der Waals surface area contributed by atoms with Gasteiger partial charge in [0.1, 0.15) is 6.67 Å². The summed E-state index contributed by atoms with van der Waals surface area (Å²) >= 11 is 0. The van der Waals surface area contributed by atoms with Gasteiger partial charge in [-0.3, -0.25) is 0 Å². The van der Waals surface area contributed by atoms with Crippen molar-refractivity contribution in [3.05, 3.63) is 0 Å². The van der Waals surface area contributed by atoms with E-state index in [9.17, 15) is 43.9 Å². The van der Waals surface area contributed by atoms with E-state index < -0.39 is 48.9 Å². The highest BCUT2D eigenvalue weighted by Gasteiger charge is 2.83. The predicted octanol–water partition coefficient (Wildman–Crippen LogP) is 5.03. The molecule has 2 atom stereocenters. The SMILES string of the molecule is CCC(F)(CF)C(F)(F)C(F)(CC)C(F)(F)C(F)(F)F. The summed E-state index contributed by atoms with van der Waals surface area (Å²) in [5.74, 6) is -12.4. The van der Waals surface area contributed by atoms with E-state index in [4.69, 9.17) is 0 Å². The number of rotatable bonds is 6. The second-order valence-electron chi connectivity index (χ2n) is 4.25. The Morgan fingerprint density at radius 2 is 1.05 bits per heavy atom.